The molecule has 0 N–H and O–H groups in total. The smallest absolute Gasteiger partial charge is 0.0351 e. The molecule has 0 heteroatoms. The highest BCUT2D eigenvalue weighted by Gasteiger charge is 1.92. The van der Waals surface area contributed by atoms with Crippen LogP contribution in [0, 0.1) is 0 Å². The quantitative estimate of drug-likeness (QED) is 0.461. The number of allylic oxidation sites excluding steroid dienone is 2. The first-order valence-electron chi connectivity index (χ1n) is 6.15. The van der Waals surface area contributed by atoms with Gasteiger partial charge < -0.3 is 0 Å². The van der Waals surface area contributed by atoms with Crippen molar-refractivity contribution in [3.63, 3.8) is 0 Å². The lowest BCUT2D eigenvalue weighted by molar-refractivity contribution is 0.566. The van der Waals surface area contributed by atoms with Gasteiger partial charge in [0.15, 0.2) is 0 Å². The molecular formula is C14H26. The van der Waals surface area contributed by atoms with E-state index in [0.717, 1.165) is 0 Å². The predicted molar refractivity (Wildman–Crippen MR) is 66.6 cm³/mol. The highest BCUT2D eigenvalue weighted by molar-refractivity contribution is 4.81. The first-order chi connectivity index (χ1) is 7.00. The van der Waals surface area contributed by atoms with Gasteiger partial charge in [0.25, 0.3) is 0 Å². The number of rotatable bonds is 0. The molecule has 0 saturated heterocycles. The van der Waals surface area contributed by atoms with Crippen LogP contribution in [-0.4, -0.2) is 0 Å². The van der Waals surface area contributed by atoms with Crippen LogP contribution >= 0.6 is 0 Å². The van der Waals surface area contributed by atoms with E-state index in [9.17, 15) is 0 Å². The molecule has 0 atom stereocenters. The van der Waals surface area contributed by atoms with Crippen molar-refractivity contribution in [3.05, 3.63) is 25.3 Å². The van der Waals surface area contributed by atoms with Gasteiger partial charge in [-0.2, -0.15) is 0 Å². The third kappa shape index (κ3) is 9.57. The van der Waals surface area contributed by atoms with E-state index < -0.39 is 0 Å². The summed E-state index contributed by atoms with van der Waals surface area (Å²) < 4.78 is 0. The van der Waals surface area contributed by atoms with Crippen molar-refractivity contribution in [2.75, 3.05) is 0 Å². The molecule has 0 radical (unpaired) electrons. The van der Waals surface area contributed by atoms with Gasteiger partial charge in [-0.1, -0.05) is 50.7 Å². The zero-order valence-electron chi connectivity index (χ0n) is 9.64. The summed E-state index contributed by atoms with van der Waals surface area (Å²) in [4.78, 5) is 0. The standard InChI is InChI=1S/C12H22.C2H4/c1-2-4-6-8-10-12-11-9-7-5-3-1;1-2/h1-2H,3-12H2;1-2H2. The van der Waals surface area contributed by atoms with Gasteiger partial charge in [0.2, 0.25) is 0 Å². The van der Waals surface area contributed by atoms with Gasteiger partial charge in [-0.25, -0.2) is 0 Å². The van der Waals surface area contributed by atoms with E-state index in [1.165, 1.54) is 64.2 Å². The normalized spacial score (nSPS) is 19.7. The molecular weight excluding hydrogens is 168 g/mol. The zero-order chi connectivity index (χ0) is 10.5. The van der Waals surface area contributed by atoms with E-state index >= 15 is 0 Å². The van der Waals surface area contributed by atoms with Crippen LogP contribution < -0.4 is 0 Å². The largest absolute Gasteiger partial charge is 0.106 e. The monoisotopic (exact) mass is 194 g/mol. The average Bonchev–Trinajstić information content (AvgIpc) is 2.22. The maximum atomic E-state index is 3.00. The number of hydrogen-bond donors (Lipinski definition) is 0. The molecule has 0 heterocycles. The third-order valence-corrected chi connectivity index (χ3v) is 2.66. The molecule has 0 amide bonds. The van der Waals surface area contributed by atoms with Gasteiger partial charge in [0.05, 0.1) is 0 Å². The summed E-state index contributed by atoms with van der Waals surface area (Å²) in [5.41, 5.74) is 0. The molecule has 1 aliphatic carbocycles. The third-order valence-electron chi connectivity index (χ3n) is 2.66. The van der Waals surface area contributed by atoms with Crippen molar-refractivity contribution in [1.29, 1.82) is 0 Å². The molecule has 0 aromatic carbocycles. The molecule has 0 unspecified atom stereocenters. The lowest BCUT2D eigenvalue weighted by Crippen LogP contribution is -1.82. The molecule has 0 saturated carbocycles. The van der Waals surface area contributed by atoms with Crippen LogP contribution in [0.2, 0.25) is 0 Å². The fourth-order valence-corrected chi connectivity index (χ4v) is 1.82. The summed E-state index contributed by atoms with van der Waals surface area (Å²) in [5, 5.41) is 0. The van der Waals surface area contributed by atoms with Crippen LogP contribution in [0.1, 0.15) is 64.2 Å². The molecule has 1 rings (SSSR count). The highest BCUT2D eigenvalue weighted by Crippen LogP contribution is 2.12. The molecule has 0 aliphatic heterocycles. The van der Waals surface area contributed by atoms with E-state index in [4.69, 9.17) is 0 Å². The molecule has 0 spiro atoms. The lowest BCUT2D eigenvalue weighted by Gasteiger charge is -2.02. The van der Waals surface area contributed by atoms with Crippen LogP contribution in [0.15, 0.2) is 25.3 Å². The van der Waals surface area contributed by atoms with Gasteiger partial charge in [-0.05, 0) is 25.7 Å². The lowest BCUT2D eigenvalue weighted by atomic mass is 10.0. The molecule has 0 fully saturated rings. The Bertz CT molecular complexity index is 110. The number of hydrogen-bond acceptors (Lipinski definition) is 0. The predicted octanol–water partition coefficient (Wildman–Crippen LogP) is 5.26. The van der Waals surface area contributed by atoms with Gasteiger partial charge in [-0.15, -0.1) is 13.2 Å². The summed E-state index contributed by atoms with van der Waals surface area (Å²) in [6, 6.07) is 0. The summed E-state index contributed by atoms with van der Waals surface area (Å²) in [6.45, 7) is 6.00. The fourth-order valence-electron chi connectivity index (χ4n) is 1.82. The molecule has 0 nitrogen and oxygen atoms in total. The summed E-state index contributed by atoms with van der Waals surface area (Å²) in [7, 11) is 0. The Morgan fingerprint density at radius 1 is 0.500 bits per heavy atom. The van der Waals surface area contributed by atoms with Crippen LogP contribution in [0.3, 0.4) is 0 Å². The molecule has 0 aromatic heterocycles. The Balaban J connectivity index is 0.000000791. The first-order valence-corrected chi connectivity index (χ1v) is 6.15. The van der Waals surface area contributed by atoms with Crippen molar-refractivity contribution in [2.24, 2.45) is 0 Å². The van der Waals surface area contributed by atoms with Gasteiger partial charge >= 0.3 is 0 Å². The van der Waals surface area contributed by atoms with Crippen LogP contribution in [0.25, 0.3) is 0 Å². The van der Waals surface area contributed by atoms with Crippen molar-refractivity contribution >= 4 is 0 Å². The minimum Gasteiger partial charge on any atom is -0.106 e. The Labute approximate surface area is 90.1 Å². The Hall–Kier alpha value is -0.520. The van der Waals surface area contributed by atoms with Crippen molar-refractivity contribution < 1.29 is 0 Å². The second kappa shape index (κ2) is 12.5. The maximum absolute atomic E-state index is 3.00. The molecule has 1 aliphatic rings. The molecule has 0 bridgehead atoms. The van der Waals surface area contributed by atoms with Crippen LogP contribution in [0.5, 0.6) is 0 Å². The Morgan fingerprint density at radius 3 is 1.14 bits per heavy atom. The SMILES string of the molecule is C1=CCCCCCCCCCC1.C=C. The zero-order valence-corrected chi connectivity index (χ0v) is 9.64. The van der Waals surface area contributed by atoms with E-state index in [2.05, 4.69) is 25.3 Å². The van der Waals surface area contributed by atoms with Crippen LogP contribution in [0.4, 0.5) is 0 Å². The maximum Gasteiger partial charge on any atom is -0.0351 e. The van der Waals surface area contributed by atoms with Gasteiger partial charge in [0.1, 0.15) is 0 Å². The minimum atomic E-state index is 1.32. The van der Waals surface area contributed by atoms with Gasteiger partial charge in [-0.3, -0.25) is 0 Å². The van der Waals surface area contributed by atoms with Gasteiger partial charge in [0, 0.05) is 0 Å². The summed E-state index contributed by atoms with van der Waals surface area (Å²) >= 11 is 0. The molecule has 14 heavy (non-hydrogen) atoms. The topological polar surface area (TPSA) is 0 Å². The average molecular weight is 194 g/mol. The Kier molecular flexibility index (Phi) is 12.0. The van der Waals surface area contributed by atoms with Crippen molar-refractivity contribution in [2.45, 2.75) is 64.2 Å². The van der Waals surface area contributed by atoms with E-state index in [0.29, 0.717) is 0 Å². The molecule has 82 valence electrons. The van der Waals surface area contributed by atoms with Crippen LogP contribution in [-0.2, 0) is 0 Å². The van der Waals surface area contributed by atoms with E-state index in [-0.39, 0.29) is 0 Å². The Morgan fingerprint density at radius 2 is 0.786 bits per heavy atom. The minimum absolute atomic E-state index is 1.32. The van der Waals surface area contributed by atoms with E-state index in [1.807, 2.05) is 0 Å². The summed E-state index contributed by atoms with van der Waals surface area (Å²) in [5.74, 6) is 0. The molecule has 0 aromatic rings. The first kappa shape index (κ1) is 13.5. The summed E-state index contributed by atoms with van der Waals surface area (Å²) in [6.07, 6.45) is 19.0. The highest BCUT2D eigenvalue weighted by atomic mass is 14.0. The second-order valence-corrected chi connectivity index (χ2v) is 3.88. The van der Waals surface area contributed by atoms with E-state index in [1.54, 1.807) is 0 Å². The van der Waals surface area contributed by atoms with Crippen molar-refractivity contribution in [3.8, 4) is 0 Å². The van der Waals surface area contributed by atoms with Crippen molar-refractivity contribution in [1.82, 2.24) is 0 Å². The fraction of sp³-hybridized carbons (Fsp3) is 0.714. The second-order valence-electron chi connectivity index (χ2n) is 3.88.